The number of rotatable bonds is 6. The van der Waals surface area contributed by atoms with Crippen LogP contribution in [0.1, 0.15) is 23.2 Å². The summed E-state index contributed by atoms with van der Waals surface area (Å²) in [6.45, 7) is 0.759. The number of fused-ring (bicyclic) bond motifs is 1. The van der Waals surface area contributed by atoms with Crippen molar-refractivity contribution < 1.29 is 19.4 Å². The van der Waals surface area contributed by atoms with Gasteiger partial charge in [0.2, 0.25) is 12.7 Å². The van der Waals surface area contributed by atoms with E-state index in [9.17, 15) is 9.90 Å². The van der Waals surface area contributed by atoms with E-state index in [4.69, 9.17) is 21.1 Å². The molecule has 3 aromatic rings. The summed E-state index contributed by atoms with van der Waals surface area (Å²) in [5.74, 6) is 1.90. The minimum Gasteiger partial charge on any atom is -0.454 e. The van der Waals surface area contributed by atoms with E-state index in [1.165, 1.54) is 0 Å². The number of aliphatic hydroxyl groups is 1. The molecule has 2 aromatic carbocycles. The van der Waals surface area contributed by atoms with Crippen LogP contribution in [0.3, 0.4) is 0 Å². The molecule has 10 heteroatoms. The van der Waals surface area contributed by atoms with Gasteiger partial charge in [-0.2, -0.15) is 4.98 Å². The van der Waals surface area contributed by atoms with Crippen LogP contribution in [-0.4, -0.2) is 51.9 Å². The Kier molecular flexibility index (Phi) is 5.89. The first-order valence-corrected chi connectivity index (χ1v) is 11.0. The Hall–Kier alpha value is -3.56. The molecule has 9 nitrogen and oxygen atoms in total. The first-order valence-electron chi connectivity index (χ1n) is 10.6. The van der Waals surface area contributed by atoms with Crippen molar-refractivity contribution in [1.82, 2.24) is 14.9 Å². The molecule has 3 heterocycles. The van der Waals surface area contributed by atoms with E-state index in [0.717, 1.165) is 12.8 Å². The molecule has 2 aliphatic heterocycles. The van der Waals surface area contributed by atoms with Crippen molar-refractivity contribution in [2.75, 3.05) is 30.6 Å². The van der Waals surface area contributed by atoms with Crippen molar-refractivity contribution in [3.8, 4) is 11.5 Å². The summed E-state index contributed by atoms with van der Waals surface area (Å²) in [5.41, 5.74) is 1.78. The molecule has 1 fully saturated rings. The SMILES string of the molecule is O=C(c1cccc(Nc2nccc(Nc3c(Cl)ccc4c3OCO4)n2)c1)N1CCC[C@@H]1CO. The van der Waals surface area contributed by atoms with Gasteiger partial charge in [0.25, 0.3) is 5.91 Å². The predicted octanol–water partition coefficient (Wildman–Crippen LogP) is 3.94. The number of ether oxygens (including phenoxy) is 2. The number of nitrogens with zero attached hydrogens (tertiary/aromatic N) is 3. The minimum absolute atomic E-state index is 0.0247. The number of halogens is 1. The van der Waals surface area contributed by atoms with E-state index in [0.29, 0.717) is 51.8 Å². The molecule has 0 unspecified atom stereocenters. The van der Waals surface area contributed by atoms with Crippen LogP contribution in [0, 0.1) is 0 Å². The van der Waals surface area contributed by atoms with Gasteiger partial charge in [-0.05, 0) is 49.2 Å². The van der Waals surface area contributed by atoms with E-state index in [1.54, 1.807) is 47.5 Å². The van der Waals surface area contributed by atoms with Crippen LogP contribution in [0.4, 0.5) is 23.1 Å². The average Bonchev–Trinajstić information content (AvgIpc) is 3.50. The van der Waals surface area contributed by atoms with E-state index < -0.39 is 0 Å². The van der Waals surface area contributed by atoms with Gasteiger partial charge in [-0.3, -0.25) is 4.79 Å². The maximum absolute atomic E-state index is 12.9. The number of carbonyl (C=O) groups is 1. The summed E-state index contributed by atoms with van der Waals surface area (Å²) in [6.07, 6.45) is 3.32. The molecular weight excluding hydrogens is 446 g/mol. The number of carbonyl (C=O) groups excluding carboxylic acids is 1. The number of likely N-dealkylation sites (tertiary alicyclic amines) is 1. The molecule has 1 atom stereocenters. The van der Waals surface area contributed by atoms with Crippen LogP contribution in [0.15, 0.2) is 48.7 Å². The molecule has 1 amide bonds. The van der Waals surface area contributed by atoms with Crippen LogP contribution in [0.2, 0.25) is 5.02 Å². The Labute approximate surface area is 195 Å². The lowest BCUT2D eigenvalue weighted by Gasteiger charge is -2.23. The fourth-order valence-electron chi connectivity index (χ4n) is 4.00. The molecule has 33 heavy (non-hydrogen) atoms. The molecule has 0 aliphatic carbocycles. The second-order valence-corrected chi connectivity index (χ2v) is 8.14. The van der Waals surface area contributed by atoms with E-state index >= 15 is 0 Å². The van der Waals surface area contributed by atoms with Crippen molar-refractivity contribution in [2.45, 2.75) is 18.9 Å². The second kappa shape index (κ2) is 9.13. The monoisotopic (exact) mass is 467 g/mol. The fraction of sp³-hybridized carbons (Fsp3) is 0.261. The highest BCUT2D eigenvalue weighted by atomic mass is 35.5. The quantitative estimate of drug-likeness (QED) is 0.500. The van der Waals surface area contributed by atoms with Gasteiger partial charge in [-0.1, -0.05) is 17.7 Å². The predicted molar refractivity (Wildman–Crippen MR) is 124 cm³/mol. The molecule has 170 valence electrons. The van der Waals surface area contributed by atoms with Crippen LogP contribution < -0.4 is 20.1 Å². The third kappa shape index (κ3) is 4.37. The average molecular weight is 468 g/mol. The maximum atomic E-state index is 12.9. The molecule has 0 spiro atoms. The topological polar surface area (TPSA) is 109 Å². The third-order valence-electron chi connectivity index (χ3n) is 5.61. The summed E-state index contributed by atoms with van der Waals surface area (Å²) < 4.78 is 10.9. The first-order chi connectivity index (χ1) is 16.1. The molecule has 1 saturated heterocycles. The highest BCUT2D eigenvalue weighted by Crippen LogP contribution is 2.44. The maximum Gasteiger partial charge on any atom is 0.254 e. The van der Waals surface area contributed by atoms with Crippen molar-refractivity contribution in [3.63, 3.8) is 0 Å². The lowest BCUT2D eigenvalue weighted by Crippen LogP contribution is -2.37. The van der Waals surface area contributed by atoms with Crippen LogP contribution in [0.5, 0.6) is 11.5 Å². The van der Waals surface area contributed by atoms with Gasteiger partial charge in [-0.15, -0.1) is 0 Å². The lowest BCUT2D eigenvalue weighted by molar-refractivity contribution is 0.0677. The van der Waals surface area contributed by atoms with Gasteiger partial charge in [0, 0.05) is 24.0 Å². The van der Waals surface area contributed by atoms with E-state index in [2.05, 4.69) is 20.6 Å². The zero-order chi connectivity index (χ0) is 22.8. The number of hydrogen-bond acceptors (Lipinski definition) is 8. The van der Waals surface area contributed by atoms with Crippen molar-refractivity contribution in [3.05, 3.63) is 59.2 Å². The normalized spacial score (nSPS) is 16.7. The molecule has 2 aliphatic rings. The molecule has 5 rings (SSSR count). The number of benzene rings is 2. The molecular formula is C23H22ClN5O4. The zero-order valence-electron chi connectivity index (χ0n) is 17.6. The van der Waals surface area contributed by atoms with Gasteiger partial charge in [0.05, 0.1) is 17.7 Å². The van der Waals surface area contributed by atoms with E-state index in [-0.39, 0.29) is 25.3 Å². The molecule has 3 N–H and O–H groups in total. The fourth-order valence-corrected chi connectivity index (χ4v) is 4.20. The molecule has 0 bridgehead atoms. The minimum atomic E-state index is -0.124. The summed E-state index contributed by atoms with van der Waals surface area (Å²) in [6, 6.07) is 12.2. The van der Waals surface area contributed by atoms with Gasteiger partial charge >= 0.3 is 0 Å². The van der Waals surface area contributed by atoms with Crippen molar-refractivity contribution in [1.29, 1.82) is 0 Å². The first kappa shape index (κ1) is 21.3. The van der Waals surface area contributed by atoms with Gasteiger partial charge in [0.15, 0.2) is 11.5 Å². The Morgan fingerprint density at radius 2 is 2.12 bits per heavy atom. The van der Waals surface area contributed by atoms with Crippen LogP contribution >= 0.6 is 11.6 Å². The third-order valence-corrected chi connectivity index (χ3v) is 5.93. The van der Waals surface area contributed by atoms with E-state index in [1.807, 2.05) is 6.07 Å². The second-order valence-electron chi connectivity index (χ2n) is 7.73. The zero-order valence-corrected chi connectivity index (χ0v) is 18.4. The van der Waals surface area contributed by atoms with Gasteiger partial charge in [0.1, 0.15) is 11.5 Å². The standard InChI is InChI=1S/C23H22ClN5O4/c24-17-6-7-18-21(33-13-32-18)20(17)27-19-8-9-25-23(28-19)26-15-4-1-3-14(11-15)22(31)29-10-2-5-16(29)12-30/h1,3-4,6-9,11,16,30H,2,5,10,12-13H2,(H2,25,26,27,28)/t16-/m1/s1. The number of anilines is 4. The summed E-state index contributed by atoms with van der Waals surface area (Å²) in [7, 11) is 0. The summed E-state index contributed by atoms with van der Waals surface area (Å²) in [5, 5.41) is 16.3. The molecule has 1 aromatic heterocycles. The van der Waals surface area contributed by atoms with Crippen LogP contribution in [-0.2, 0) is 0 Å². The largest absolute Gasteiger partial charge is 0.454 e. The van der Waals surface area contributed by atoms with Crippen molar-refractivity contribution in [2.24, 2.45) is 0 Å². The molecule has 0 radical (unpaired) electrons. The smallest absolute Gasteiger partial charge is 0.254 e. The number of aromatic nitrogens is 2. The van der Waals surface area contributed by atoms with Gasteiger partial charge < -0.3 is 30.1 Å². The van der Waals surface area contributed by atoms with Gasteiger partial charge in [-0.25, -0.2) is 4.98 Å². The Bertz CT molecular complexity index is 1190. The number of hydrogen-bond donors (Lipinski definition) is 3. The number of nitrogens with one attached hydrogen (secondary N) is 2. The number of aliphatic hydroxyl groups excluding tert-OH is 1. The summed E-state index contributed by atoms with van der Waals surface area (Å²) >= 11 is 6.34. The number of amides is 1. The summed E-state index contributed by atoms with van der Waals surface area (Å²) in [4.78, 5) is 23.4. The highest BCUT2D eigenvalue weighted by molar-refractivity contribution is 6.33. The lowest BCUT2D eigenvalue weighted by atomic mass is 10.1. The Balaban J connectivity index is 1.33. The van der Waals surface area contributed by atoms with Crippen LogP contribution in [0.25, 0.3) is 0 Å². The Morgan fingerprint density at radius 1 is 1.21 bits per heavy atom. The Morgan fingerprint density at radius 3 is 3.00 bits per heavy atom. The molecule has 0 saturated carbocycles. The highest BCUT2D eigenvalue weighted by Gasteiger charge is 2.28. The van der Waals surface area contributed by atoms with Crippen molar-refractivity contribution >= 4 is 40.6 Å².